The third kappa shape index (κ3) is 2.16. The zero-order valence-corrected chi connectivity index (χ0v) is 15.7. The average Bonchev–Trinajstić information content (AvgIpc) is 3.24. The molecule has 0 amide bonds. The van der Waals surface area contributed by atoms with Crippen LogP contribution in [0.4, 0.5) is 0 Å². The second-order valence-corrected chi connectivity index (χ2v) is 8.10. The first-order valence-electron chi connectivity index (χ1n) is 8.77. The highest BCUT2D eigenvalue weighted by molar-refractivity contribution is 7.26. The number of pyridine rings is 1. The zero-order valence-electron chi connectivity index (χ0n) is 14.2. The molecular weight excluding hydrogens is 372 g/mol. The fourth-order valence-electron chi connectivity index (χ4n) is 3.89. The van der Waals surface area contributed by atoms with Gasteiger partial charge >= 0.3 is 0 Å². The number of thiophene rings is 1. The van der Waals surface area contributed by atoms with Gasteiger partial charge in [-0.1, -0.05) is 60.1 Å². The molecule has 6 rings (SSSR count). The molecule has 6 aromatic rings. The Morgan fingerprint density at radius 2 is 1.52 bits per heavy atom. The van der Waals surface area contributed by atoms with Crippen LogP contribution in [0.2, 0.25) is 5.02 Å². The molecule has 3 aromatic carbocycles. The third-order valence-corrected chi connectivity index (χ3v) is 6.45. The minimum Gasteiger partial charge on any atom is -0.353 e. The molecule has 3 heterocycles. The lowest BCUT2D eigenvalue weighted by molar-refractivity contribution is 1.44. The SMILES string of the molecule is Clc1ccc(-c2[nH]c3ccccc3c3c2sc2nc4ccccc4c23)cc1. The van der Waals surface area contributed by atoms with Gasteiger partial charge in [0.05, 0.1) is 15.9 Å². The molecule has 0 aliphatic rings. The van der Waals surface area contributed by atoms with Crippen molar-refractivity contribution in [2.75, 3.05) is 0 Å². The van der Waals surface area contributed by atoms with E-state index < -0.39 is 0 Å². The molecule has 3 aromatic heterocycles. The van der Waals surface area contributed by atoms with Gasteiger partial charge in [-0.15, -0.1) is 11.3 Å². The number of H-pyrrole nitrogens is 1. The van der Waals surface area contributed by atoms with Crippen molar-refractivity contribution in [1.82, 2.24) is 9.97 Å². The van der Waals surface area contributed by atoms with Crippen LogP contribution in [0.15, 0.2) is 72.8 Å². The molecule has 2 nitrogen and oxygen atoms in total. The summed E-state index contributed by atoms with van der Waals surface area (Å²) in [6, 6.07) is 24.9. The van der Waals surface area contributed by atoms with Gasteiger partial charge in [0.2, 0.25) is 0 Å². The van der Waals surface area contributed by atoms with E-state index in [2.05, 4.69) is 59.6 Å². The highest BCUT2D eigenvalue weighted by atomic mass is 35.5. The van der Waals surface area contributed by atoms with Crippen LogP contribution < -0.4 is 0 Å². The summed E-state index contributed by atoms with van der Waals surface area (Å²) in [5.74, 6) is 0. The predicted octanol–water partition coefficient (Wildman–Crippen LogP) is 7.40. The van der Waals surface area contributed by atoms with Gasteiger partial charge in [0.1, 0.15) is 4.83 Å². The number of halogens is 1. The van der Waals surface area contributed by atoms with Crippen LogP contribution >= 0.6 is 22.9 Å². The van der Waals surface area contributed by atoms with Crippen molar-refractivity contribution in [3.8, 4) is 11.3 Å². The van der Waals surface area contributed by atoms with Crippen LogP contribution in [0.1, 0.15) is 0 Å². The van der Waals surface area contributed by atoms with Gasteiger partial charge in [-0.2, -0.15) is 0 Å². The maximum Gasteiger partial charge on any atom is 0.125 e. The Hall–Kier alpha value is -2.88. The highest BCUT2D eigenvalue weighted by Crippen LogP contribution is 2.45. The van der Waals surface area contributed by atoms with E-state index in [1.54, 1.807) is 11.3 Å². The normalized spacial score (nSPS) is 11.9. The second-order valence-electron chi connectivity index (χ2n) is 6.67. The summed E-state index contributed by atoms with van der Waals surface area (Å²) in [7, 11) is 0. The Labute approximate surface area is 164 Å². The van der Waals surface area contributed by atoms with Crippen molar-refractivity contribution in [1.29, 1.82) is 0 Å². The van der Waals surface area contributed by atoms with E-state index in [1.807, 2.05) is 18.2 Å². The lowest BCUT2D eigenvalue weighted by Gasteiger charge is -2.09. The number of aromatic nitrogens is 2. The Morgan fingerprint density at radius 1 is 0.778 bits per heavy atom. The molecule has 0 saturated carbocycles. The lowest BCUT2D eigenvalue weighted by Crippen LogP contribution is -1.87. The number of fused-ring (bicyclic) bond motifs is 7. The van der Waals surface area contributed by atoms with E-state index in [0.29, 0.717) is 0 Å². The van der Waals surface area contributed by atoms with Crippen molar-refractivity contribution in [3.05, 3.63) is 77.8 Å². The number of hydrogen-bond acceptors (Lipinski definition) is 2. The second kappa shape index (κ2) is 5.56. The molecule has 0 bridgehead atoms. The van der Waals surface area contributed by atoms with Crippen LogP contribution in [-0.2, 0) is 0 Å². The van der Waals surface area contributed by atoms with Crippen molar-refractivity contribution in [3.63, 3.8) is 0 Å². The monoisotopic (exact) mass is 384 g/mol. The van der Waals surface area contributed by atoms with Gasteiger partial charge in [-0.25, -0.2) is 4.98 Å². The predicted molar refractivity (Wildman–Crippen MR) is 117 cm³/mol. The number of nitrogens with zero attached hydrogens (tertiary/aromatic N) is 1. The Bertz CT molecular complexity index is 1480. The van der Waals surface area contributed by atoms with Crippen molar-refractivity contribution < 1.29 is 0 Å². The maximum absolute atomic E-state index is 6.11. The van der Waals surface area contributed by atoms with Crippen LogP contribution in [0.3, 0.4) is 0 Å². The summed E-state index contributed by atoms with van der Waals surface area (Å²) in [5.41, 5.74) is 4.43. The summed E-state index contributed by atoms with van der Waals surface area (Å²) in [6.07, 6.45) is 0. The largest absolute Gasteiger partial charge is 0.353 e. The van der Waals surface area contributed by atoms with E-state index >= 15 is 0 Å². The molecule has 0 unspecified atom stereocenters. The average molecular weight is 385 g/mol. The first-order valence-corrected chi connectivity index (χ1v) is 9.96. The Balaban J connectivity index is 1.86. The topological polar surface area (TPSA) is 28.7 Å². The van der Waals surface area contributed by atoms with Crippen LogP contribution in [0, 0.1) is 0 Å². The first-order chi connectivity index (χ1) is 13.3. The fraction of sp³-hybridized carbons (Fsp3) is 0. The number of rotatable bonds is 1. The van der Waals surface area contributed by atoms with E-state index in [4.69, 9.17) is 16.6 Å². The summed E-state index contributed by atoms with van der Waals surface area (Å²) in [6.45, 7) is 0. The summed E-state index contributed by atoms with van der Waals surface area (Å²) in [4.78, 5) is 9.62. The fourth-order valence-corrected chi connectivity index (χ4v) is 5.26. The Kier molecular flexibility index (Phi) is 3.13. The standard InChI is InChI=1S/C23H13ClN2S/c24-14-11-9-13(10-12-14)21-22-19(15-5-1-3-7-17(15)25-21)20-16-6-2-4-8-18(16)26-23(20)27-22/h1-12,25H. The number of benzene rings is 3. The molecule has 27 heavy (non-hydrogen) atoms. The van der Waals surface area contributed by atoms with Crippen molar-refractivity contribution in [2.45, 2.75) is 0 Å². The maximum atomic E-state index is 6.11. The quantitative estimate of drug-likeness (QED) is 0.314. The van der Waals surface area contributed by atoms with Gasteiger partial charge in [-0.05, 0) is 29.8 Å². The van der Waals surface area contributed by atoms with E-state index in [1.165, 1.54) is 26.2 Å². The molecule has 0 aliphatic carbocycles. The number of aromatic amines is 1. The zero-order chi connectivity index (χ0) is 18.0. The Morgan fingerprint density at radius 3 is 2.37 bits per heavy atom. The first kappa shape index (κ1) is 15.2. The smallest absolute Gasteiger partial charge is 0.125 e. The van der Waals surface area contributed by atoms with Crippen molar-refractivity contribution >= 4 is 65.0 Å². The van der Waals surface area contributed by atoms with Crippen LogP contribution in [0.5, 0.6) is 0 Å². The molecule has 0 fully saturated rings. The van der Waals surface area contributed by atoms with Crippen LogP contribution in [-0.4, -0.2) is 9.97 Å². The molecule has 1 N–H and O–H groups in total. The summed E-state index contributed by atoms with van der Waals surface area (Å²) < 4.78 is 1.24. The minimum atomic E-state index is 0.744. The van der Waals surface area contributed by atoms with Gasteiger partial charge in [0.15, 0.2) is 0 Å². The molecule has 0 saturated heterocycles. The van der Waals surface area contributed by atoms with Crippen molar-refractivity contribution in [2.24, 2.45) is 0 Å². The van der Waals surface area contributed by atoms with Gasteiger partial charge < -0.3 is 4.98 Å². The van der Waals surface area contributed by atoms with Gasteiger partial charge in [0.25, 0.3) is 0 Å². The number of nitrogens with one attached hydrogen (secondary N) is 1. The van der Waals surface area contributed by atoms with E-state index in [-0.39, 0.29) is 0 Å². The molecule has 0 spiro atoms. The number of hydrogen-bond donors (Lipinski definition) is 1. The minimum absolute atomic E-state index is 0.744. The van der Waals surface area contributed by atoms with Crippen LogP contribution in [0.25, 0.3) is 53.4 Å². The molecule has 0 radical (unpaired) electrons. The van der Waals surface area contributed by atoms with Gasteiger partial charge in [0, 0.05) is 32.1 Å². The summed E-state index contributed by atoms with van der Waals surface area (Å²) in [5, 5.41) is 5.73. The molecule has 0 atom stereocenters. The highest BCUT2D eigenvalue weighted by Gasteiger charge is 2.18. The molecule has 128 valence electrons. The molecule has 4 heteroatoms. The van der Waals surface area contributed by atoms with Gasteiger partial charge in [-0.3, -0.25) is 0 Å². The van der Waals surface area contributed by atoms with E-state index in [0.717, 1.165) is 32.1 Å². The third-order valence-electron chi connectivity index (χ3n) is 5.10. The molecular formula is C23H13ClN2S. The lowest BCUT2D eigenvalue weighted by atomic mass is 10.0. The van der Waals surface area contributed by atoms with E-state index in [9.17, 15) is 0 Å². The molecule has 0 aliphatic heterocycles. The summed E-state index contributed by atoms with van der Waals surface area (Å²) >= 11 is 7.86. The number of para-hydroxylation sites is 2.